The molecule has 0 saturated heterocycles. The van der Waals surface area contributed by atoms with Crippen LogP contribution in [0.15, 0.2) is 42.5 Å². The summed E-state index contributed by atoms with van der Waals surface area (Å²) >= 11 is 0. The van der Waals surface area contributed by atoms with Gasteiger partial charge in [0.2, 0.25) is 15.9 Å². The first kappa shape index (κ1) is 21.6. The smallest absolute Gasteiger partial charge is 0.240 e. The second kappa shape index (κ2) is 9.45. The molecule has 152 valence electrons. The number of aryl methyl sites for hydroxylation is 2. The van der Waals surface area contributed by atoms with E-state index in [9.17, 15) is 13.2 Å². The molecule has 0 spiro atoms. The number of anilines is 1. The number of hydrogen-bond donors (Lipinski definition) is 1. The van der Waals surface area contributed by atoms with Gasteiger partial charge in [-0.3, -0.25) is 9.10 Å². The molecule has 0 aliphatic rings. The summed E-state index contributed by atoms with van der Waals surface area (Å²) in [7, 11) is -2.22. The van der Waals surface area contributed by atoms with Crippen LogP contribution in [0.4, 0.5) is 5.69 Å². The molecule has 2 rings (SSSR count). The van der Waals surface area contributed by atoms with E-state index in [0.29, 0.717) is 11.4 Å². The van der Waals surface area contributed by atoms with Crippen LogP contribution < -0.4 is 19.1 Å². The summed E-state index contributed by atoms with van der Waals surface area (Å²) in [6.07, 6.45) is 1.05. The Morgan fingerprint density at radius 1 is 1.11 bits per heavy atom. The summed E-state index contributed by atoms with van der Waals surface area (Å²) in [5.41, 5.74) is 2.51. The zero-order valence-electron chi connectivity index (χ0n) is 16.6. The Hall–Kier alpha value is -2.74. The third-order valence-corrected chi connectivity index (χ3v) is 5.06. The van der Waals surface area contributed by atoms with Crippen molar-refractivity contribution in [2.24, 2.45) is 0 Å². The summed E-state index contributed by atoms with van der Waals surface area (Å²) in [5.74, 6) is 0.678. The zero-order chi connectivity index (χ0) is 20.7. The van der Waals surface area contributed by atoms with Crippen LogP contribution in [-0.2, 0) is 14.8 Å². The van der Waals surface area contributed by atoms with Crippen molar-refractivity contribution < 1.29 is 22.7 Å². The van der Waals surface area contributed by atoms with E-state index < -0.39 is 15.9 Å². The lowest BCUT2D eigenvalue weighted by Gasteiger charge is -2.23. The molecular weight excluding hydrogens is 380 g/mol. The molecule has 0 bridgehead atoms. The van der Waals surface area contributed by atoms with Gasteiger partial charge in [0, 0.05) is 0 Å². The van der Waals surface area contributed by atoms with Gasteiger partial charge in [-0.2, -0.15) is 0 Å². The molecule has 1 N–H and O–H groups in total. The molecule has 0 heterocycles. The highest BCUT2D eigenvalue weighted by atomic mass is 32.2. The van der Waals surface area contributed by atoms with Crippen LogP contribution in [0, 0.1) is 13.8 Å². The standard InChI is InChI=1S/C20H26N2O5S/c1-15-11-16(2)13-17(12-15)27-10-9-21-20(23)14-22(28(4,24)25)18-7-5-6-8-19(18)26-3/h5-8,11-13H,9-10,14H2,1-4H3,(H,21,23). The van der Waals surface area contributed by atoms with Crippen molar-refractivity contribution in [1.29, 1.82) is 0 Å². The fraction of sp³-hybridized carbons (Fsp3) is 0.350. The van der Waals surface area contributed by atoms with Gasteiger partial charge >= 0.3 is 0 Å². The van der Waals surface area contributed by atoms with Gasteiger partial charge < -0.3 is 14.8 Å². The number of carbonyl (C=O) groups excluding carboxylic acids is 1. The summed E-state index contributed by atoms with van der Waals surface area (Å²) in [5, 5.41) is 2.68. The predicted molar refractivity (Wildman–Crippen MR) is 110 cm³/mol. The van der Waals surface area contributed by atoms with Crippen molar-refractivity contribution in [3.63, 3.8) is 0 Å². The van der Waals surface area contributed by atoms with Crippen LogP contribution >= 0.6 is 0 Å². The number of para-hydroxylation sites is 2. The average molecular weight is 407 g/mol. The van der Waals surface area contributed by atoms with Crippen LogP contribution in [0.2, 0.25) is 0 Å². The fourth-order valence-corrected chi connectivity index (χ4v) is 3.64. The van der Waals surface area contributed by atoms with E-state index in [1.807, 2.05) is 32.0 Å². The number of hydrogen-bond acceptors (Lipinski definition) is 5. The van der Waals surface area contributed by atoms with Crippen molar-refractivity contribution in [2.45, 2.75) is 13.8 Å². The van der Waals surface area contributed by atoms with Crippen LogP contribution in [0.5, 0.6) is 11.5 Å². The Labute approximate surface area is 166 Å². The Morgan fingerprint density at radius 3 is 2.36 bits per heavy atom. The first-order valence-electron chi connectivity index (χ1n) is 8.79. The maximum absolute atomic E-state index is 12.3. The quantitative estimate of drug-likeness (QED) is 0.646. The summed E-state index contributed by atoms with van der Waals surface area (Å²) in [4.78, 5) is 12.3. The summed E-state index contributed by atoms with van der Waals surface area (Å²) in [6.45, 7) is 4.17. The van der Waals surface area contributed by atoms with Gasteiger partial charge in [-0.1, -0.05) is 18.2 Å². The molecule has 0 radical (unpaired) electrons. The second-order valence-corrected chi connectivity index (χ2v) is 8.37. The van der Waals surface area contributed by atoms with Crippen molar-refractivity contribution in [3.05, 3.63) is 53.6 Å². The molecule has 0 atom stereocenters. The number of methoxy groups -OCH3 is 1. The van der Waals surface area contributed by atoms with Gasteiger partial charge in [-0.25, -0.2) is 8.42 Å². The maximum Gasteiger partial charge on any atom is 0.240 e. The molecule has 0 aliphatic heterocycles. The molecule has 0 aliphatic carbocycles. The van der Waals surface area contributed by atoms with Crippen molar-refractivity contribution >= 4 is 21.6 Å². The molecule has 0 unspecified atom stereocenters. The fourth-order valence-electron chi connectivity index (χ4n) is 2.78. The minimum Gasteiger partial charge on any atom is -0.495 e. The maximum atomic E-state index is 12.3. The highest BCUT2D eigenvalue weighted by Crippen LogP contribution is 2.29. The molecule has 2 aromatic rings. The number of rotatable bonds is 9. The number of carbonyl (C=O) groups is 1. The Kier molecular flexibility index (Phi) is 7.28. The van der Waals surface area contributed by atoms with E-state index >= 15 is 0 Å². The van der Waals surface area contributed by atoms with Crippen molar-refractivity contribution in [3.8, 4) is 11.5 Å². The van der Waals surface area contributed by atoms with Gasteiger partial charge in [-0.15, -0.1) is 0 Å². The first-order chi connectivity index (χ1) is 13.2. The predicted octanol–water partition coefficient (Wildman–Crippen LogP) is 2.27. The van der Waals surface area contributed by atoms with Crippen molar-refractivity contribution in [2.75, 3.05) is 37.4 Å². The third-order valence-electron chi connectivity index (χ3n) is 3.93. The minimum absolute atomic E-state index is 0.259. The lowest BCUT2D eigenvalue weighted by atomic mass is 10.1. The number of sulfonamides is 1. The molecule has 7 nitrogen and oxygen atoms in total. The Morgan fingerprint density at radius 2 is 1.75 bits per heavy atom. The number of nitrogens with one attached hydrogen (secondary N) is 1. The Balaban J connectivity index is 1.95. The zero-order valence-corrected chi connectivity index (χ0v) is 17.4. The number of amides is 1. The van der Waals surface area contributed by atoms with Gasteiger partial charge in [0.15, 0.2) is 0 Å². The largest absolute Gasteiger partial charge is 0.495 e. The van der Waals surface area contributed by atoms with Crippen LogP contribution in [0.3, 0.4) is 0 Å². The summed E-state index contributed by atoms with van der Waals surface area (Å²) < 4.78 is 36.2. The monoisotopic (exact) mass is 406 g/mol. The lowest BCUT2D eigenvalue weighted by molar-refractivity contribution is -0.119. The third kappa shape index (κ3) is 6.16. The molecule has 8 heteroatoms. The van der Waals surface area contributed by atoms with Crippen LogP contribution in [0.25, 0.3) is 0 Å². The van der Waals surface area contributed by atoms with E-state index in [1.165, 1.54) is 7.11 Å². The number of ether oxygens (including phenoxy) is 2. The van der Waals surface area contributed by atoms with Crippen LogP contribution in [-0.4, -0.2) is 47.4 Å². The highest BCUT2D eigenvalue weighted by Gasteiger charge is 2.23. The van der Waals surface area contributed by atoms with E-state index in [1.54, 1.807) is 24.3 Å². The highest BCUT2D eigenvalue weighted by molar-refractivity contribution is 7.92. The molecular formula is C20H26N2O5S. The van der Waals surface area contributed by atoms with Gasteiger partial charge in [0.05, 0.1) is 25.6 Å². The SMILES string of the molecule is COc1ccccc1N(CC(=O)NCCOc1cc(C)cc(C)c1)S(C)(=O)=O. The van der Waals surface area contributed by atoms with E-state index in [0.717, 1.165) is 27.4 Å². The van der Waals surface area contributed by atoms with Gasteiger partial charge in [0.25, 0.3) is 0 Å². The second-order valence-electron chi connectivity index (χ2n) is 6.46. The van der Waals surface area contributed by atoms with Crippen LogP contribution in [0.1, 0.15) is 11.1 Å². The topological polar surface area (TPSA) is 84.9 Å². The van der Waals surface area contributed by atoms with Gasteiger partial charge in [-0.05, 0) is 49.2 Å². The first-order valence-corrected chi connectivity index (χ1v) is 10.6. The Bertz CT molecular complexity index is 908. The molecule has 28 heavy (non-hydrogen) atoms. The van der Waals surface area contributed by atoms with E-state index in [4.69, 9.17) is 9.47 Å². The lowest BCUT2D eigenvalue weighted by Crippen LogP contribution is -2.41. The average Bonchev–Trinajstić information content (AvgIpc) is 2.61. The van der Waals surface area contributed by atoms with E-state index in [-0.39, 0.29) is 19.7 Å². The van der Waals surface area contributed by atoms with Gasteiger partial charge in [0.1, 0.15) is 24.7 Å². The molecule has 0 aromatic heterocycles. The molecule has 2 aromatic carbocycles. The summed E-state index contributed by atoms with van der Waals surface area (Å²) in [6, 6.07) is 12.5. The molecule has 1 amide bonds. The number of nitrogens with zero attached hydrogens (tertiary/aromatic N) is 1. The molecule has 0 fully saturated rings. The number of benzene rings is 2. The normalized spacial score (nSPS) is 11.0. The molecule has 0 saturated carbocycles. The minimum atomic E-state index is -3.67. The van der Waals surface area contributed by atoms with Crippen molar-refractivity contribution in [1.82, 2.24) is 5.32 Å². The van der Waals surface area contributed by atoms with E-state index in [2.05, 4.69) is 5.32 Å².